The average molecular weight is 576 g/mol. The Hall–Kier alpha value is -5.19. The number of carbonyl (C=O) groups excluding carboxylic acids is 3. The van der Waals surface area contributed by atoms with Crippen molar-refractivity contribution in [3.05, 3.63) is 108 Å². The number of hydrogen-bond acceptors (Lipinski definition) is 8. The third-order valence-electron chi connectivity index (χ3n) is 5.77. The monoisotopic (exact) mass is 575 g/mol. The second-order valence-electron chi connectivity index (χ2n) is 9.08. The molecule has 3 aromatic carbocycles. The molecule has 0 aliphatic rings. The zero-order valence-corrected chi connectivity index (χ0v) is 22.9. The van der Waals surface area contributed by atoms with Crippen LogP contribution >= 0.6 is 0 Å². The molecule has 0 saturated carbocycles. The van der Waals surface area contributed by atoms with E-state index in [4.69, 9.17) is 14.2 Å². The van der Waals surface area contributed by atoms with E-state index in [1.54, 1.807) is 36.4 Å². The van der Waals surface area contributed by atoms with Gasteiger partial charge < -0.3 is 24.6 Å². The number of nitrogens with zero attached hydrogens (tertiary/aromatic N) is 1. The molecule has 3 aromatic rings. The minimum absolute atomic E-state index is 0.000914. The highest BCUT2D eigenvalue weighted by Crippen LogP contribution is 2.06. The molecule has 11 heteroatoms. The van der Waals surface area contributed by atoms with Gasteiger partial charge in [0.05, 0.1) is 0 Å². The van der Waals surface area contributed by atoms with Crippen LogP contribution in [0.3, 0.4) is 0 Å². The molecule has 2 amide bonds. The standard InChI is InChI=1S/C31H33N3O8/c35-28(40-20-23-11-4-1-5-12-23)19-27(34-31(39)42-22-25-15-8-3-9-16-25)32-18-10-17-26(29(36)37)33-30(38)41-21-24-13-6-2-7-14-24/h1-9,11-16,26H,10,17-22H2,(H,33,38)(H,36,37)(H,32,34,39). The van der Waals surface area contributed by atoms with Gasteiger partial charge in [-0.3, -0.25) is 15.1 Å². The van der Waals surface area contributed by atoms with Crippen LogP contribution in [0.1, 0.15) is 36.0 Å². The van der Waals surface area contributed by atoms with Crippen molar-refractivity contribution >= 4 is 30.0 Å². The van der Waals surface area contributed by atoms with E-state index in [0.717, 1.165) is 16.7 Å². The van der Waals surface area contributed by atoms with Crippen LogP contribution in [0.2, 0.25) is 0 Å². The van der Waals surface area contributed by atoms with Crippen molar-refractivity contribution in [2.75, 3.05) is 6.54 Å². The van der Waals surface area contributed by atoms with Crippen LogP contribution in [0.4, 0.5) is 9.59 Å². The van der Waals surface area contributed by atoms with Crippen LogP contribution in [-0.4, -0.2) is 47.7 Å². The molecule has 0 saturated heterocycles. The summed E-state index contributed by atoms with van der Waals surface area (Å²) in [5.74, 6) is -1.84. The number of amidine groups is 1. The normalized spacial score (nSPS) is 11.6. The minimum atomic E-state index is -1.23. The molecule has 0 radical (unpaired) electrons. The summed E-state index contributed by atoms with van der Waals surface area (Å²) in [5, 5.41) is 14.3. The van der Waals surface area contributed by atoms with Crippen LogP contribution < -0.4 is 10.6 Å². The summed E-state index contributed by atoms with van der Waals surface area (Å²) in [5.41, 5.74) is 2.34. The number of aliphatic imine (C=N–C) groups is 1. The first-order chi connectivity index (χ1) is 20.4. The average Bonchev–Trinajstić information content (AvgIpc) is 3.00. The van der Waals surface area contributed by atoms with Crippen LogP contribution in [0.25, 0.3) is 0 Å². The molecule has 0 heterocycles. The van der Waals surface area contributed by atoms with Crippen molar-refractivity contribution < 1.29 is 38.5 Å². The van der Waals surface area contributed by atoms with Crippen LogP contribution in [0, 0.1) is 0 Å². The number of benzene rings is 3. The molecular weight excluding hydrogens is 542 g/mol. The molecule has 1 unspecified atom stereocenters. The van der Waals surface area contributed by atoms with Gasteiger partial charge in [-0.15, -0.1) is 0 Å². The summed E-state index contributed by atoms with van der Waals surface area (Å²) in [6, 6.07) is 25.9. The maximum Gasteiger partial charge on any atom is 0.412 e. The number of aliphatic carboxylic acids is 1. The zero-order valence-electron chi connectivity index (χ0n) is 22.9. The van der Waals surface area contributed by atoms with Gasteiger partial charge in [0.25, 0.3) is 0 Å². The summed E-state index contributed by atoms with van der Waals surface area (Å²) in [4.78, 5) is 52.9. The molecule has 0 aromatic heterocycles. The lowest BCUT2D eigenvalue weighted by molar-refractivity contribution is -0.143. The van der Waals surface area contributed by atoms with E-state index in [-0.39, 0.29) is 51.5 Å². The van der Waals surface area contributed by atoms with Crippen molar-refractivity contribution in [3.8, 4) is 0 Å². The Morgan fingerprint density at radius 1 is 0.690 bits per heavy atom. The van der Waals surface area contributed by atoms with Crippen molar-refractivity contribution in [1.29, 1.82) is 0 Å². The number of rotatable bonds is 14. The van der Waals surface area contributed by atoms with Crippen molar-refractivity contribution in [3.63, 3.8) is 0 Å². The van der Waals surface area contributed by atoms with Crippen molar-refractivity contribution in [2.45, 2.75) is 45.1 Å². The smallest absolute Gasteiger partial charge is 0.412 e. The van der Waals surface area contributed by atoms with Crippen molar-refractivity contribution in [1.82, 2.24) is 10.6 Å². The largest absolute Gasteiger partial charge is 0.480 e. The maximum atomic E-state index is 12.5. The van der Waals surface area contributed by atoms with E-state index in [2.05, 4.69) is 15.6 Å². The van der Waals surface area contributed by atoms with Crippen LogP contribution in [-0.2, 0) is 43.6 Å². The summed E-state index contributed by atoms with van der Waals surface area (Å²) in [6.07, 6.45) is -1.75. The first-order valence-electron chi connectivity index (χ1n) is 13.3. The van der Waals surface area contributed by atoms with E-state index in [9.17, 15) is 24.3 Å². The fourth-order valence-electron chi connectivity index (χ4n) is 3.62. The SMILES string of the molecule is O=C(CC(=NCCCC(NC(=O)OCc1ccccc1)C(=O)O)NC(=O)OCc1ccccc1)OCc1ccccc1. The molecule has 0 aliphatic carbocycles. The van der Waals surface area contributed by atoms with Gasteiger partial charge in [-0.2, -0.15) is 0 Å². The lowest BCUT2D eigenvalue weighted by Gasteiger charge is -2.14. The number of hydrogen-bond donors (Lipinski definition) is 3. The summed E-state index contributed by atoms with van der Waals surface area (Å²) in [7, 11) is 0. The van der Waals surface area contributed by atoms with Crippen molar-refractivity contribution in [2.24, 2.45) is 4.99 Å². The number of carboxylic acids is 1. The van der Waals surface area contributed by atoms with Crippen LogP contribution in [0.5, 0.6) is 0 Å². The zero-order chi connectivity index (χ0) is 30.0. The van der Waals surface area contributed by atoms with Gasteiger partial charge in [-0.05, 0) is 29.5 Å². The molecule has 220 valence electrons. The second-order valence-corrected chi connectivity index (χ2v) is 9.08. The summed E-state index contributed by atoms with van der Waals surface area (Å²) >= 11 is 0. The van der Waals surface area contributed by atoms with Crippen LogP contribution in [0.15, 0.2) is 96.0 Å². The molecule has 3 N–H and O–H groups in total. The Balaban J connectivity index is 1.52. The van der Waals surface area contributed by atoms with Gasteiger partial charge in [0, 0.05) is 6.54 Å². The first kappa shape index (κ1) is 31.3. The van der Waals surface area contributed by atoms with E-state index in [0.29, 0.717) is 0 Å². The molecule has 3 rings (SSSR count). The molecule has 0 spiro atoms. The Bertz CT molecular complexity index is 1260. The highest BCUT2D eigenvalue weighted by atomic mass is 16.6. The molecule has 0 aliphatic heterocycles. The predicted molar refractivity (Wildman–Crippen MR) is 153 cm³/mol. The molecule has 42 heavy (non-hydrogen) atoms. The van der Waals surface area contributed by atoms with Gasteiger partial charge in [0.15, 0.2) is 0 Å². The Morgan fingerprint density at radius 2 is 1.17 bits per heavy atom. The fraction of sp³-hybridized carbons (Fsp3) is 0.258. The van der Waals surface area contributed by atoms with Gasteiger partial charge in [0.2, 0.25) is 0 Å². The number of ether oxygens (including phenoxy) is 3. The van der Waals surface area contributed by atoms with Gasteiger partial charge in [-0.25, -0.2) is 14.4 Å². The Labute approximate surface area is 243 Å². The number of nitrogens with one attached hydrogen (secondary N) is 2. The number of esters is 1. The summed E-state index contributed by atoms with van der Waals surface area (Å²) in [6.45, 7) is 0.131. The highest BCUT2D eigenvalue weighted by Gasteiger charge is 2.20. The molecule has 1 atom stereocenters. The third-order valence-corrected chi connectivity index (χ3v) is 5.77. The molecular formula is C31H33N3O8. The Kier molecular flexibility index (Phi) is 13.1. The number of alkyl carbamates (subject to hydrolysis) is 2. The van der Waals surface area contributed by atoms with E-state index in [1.165, 1.54) is 0 Å². The second kappa shape index (κ2) is 17.5. The third kappa shape index (κ3) is 12.3. The van der Waals surface area contributed by atoms with E-state index in [1.807, 2.05) is 54.6 Å². The van der Waals surface area contributed by atoms with Gasteiger partial charge >= 0.3 is 24.1 Å². The number of amides is 2. The van der Waals surface area contributed by atoms with E-state index < -0.39 is 30.2 Å². The molecule has 0 fully saturated rings. The quantitative estimate of drug-likeness (QED) is 0.0829. The molecule has 0 bridgehead atoms. The first-order valence-corrected chi connectivity index (χ1v) is 13.3. The molecule has 11 nitrogen and oxygen atoms in total. The predicted octanol–water partition coefficient (Wildman–Crippen LogP) is 4.60. The lowest BCUT2D eigenvalue weighted by atomic mass is 10.1. The maximum absolute atomic E-state index is 12.5. The fourth-order valence-corrected chi connectivity index (χ4v) is 3.62. The summed E-state index contributed by atoms with van der Waals surface area (Å²) < 4.78 is 15.6. The van der Waals surface area contributed by atoms with E-state index >= 15 is 0 Å². The van der Waals surface area contributed by atoms with Gasteiger partial charge in [0.1, 0.15) is 38.1 Å². The number of carboxylic acid groups (broad SMARTS) is 1. The van der Waals surface area contributed by atoms with Gasteiger partial charge in [-0.1, -0.05) is 91.0 Å². The minimum Gasteiger partial charge on any atom is -0.480 e. The number of carbonyl (C=O) groups is 4. The Morgan fingerprint density at radius 3 is 1.67 bits per heavy atom. The topological polar surface area (TPSA) is 153 Å². The lowest BCUT2D eigenvalue weighted by Crippen LogP contribution is -2.41. The highest BCUT2D eigenvalue weighted by molar-refractivity contribution is 6.04.